The van der Waals surface area contributed by atoms with Gasteiger partial charge in [-0.3, -0.25) is 4.79 Å². The molecule has 4 rings (SSSR count). The van der Waals surface area contributed by atoms with Gasteiger partial charge in [0.15, 0.2) is 0 Å². The van der Waals surface area contributed by atoms with Crippen LogP contribution in [0.3, 0.4) is 0 Å². The van der Waals surface area contributed by atoms with Gasteiger partial charge in [-0.15, -0.1) is 0 Å². The molecule has 0 saturated carbocycles. The number of nitrogens with one attached hydrogen (secondary N) is 1. The van der Waals surface area contributed by atoms with Crippen molar-refractivity contribution in [1.82, 2.24) is 9.97 Å². The van der Waals surface area contributed by atoms with Crippen LogP contribution in [-0.4, -0.2) is 22.4 Å². The van der Waals surface area contributed by atoms with Gasteiger partial charge in [0, 0.05) is 29.7 Å². The van der Waals surface area contributed by atoms with E-state index in [-0.39, 0.29) is 5.91 Å². The van der Waals surface area contributed by atoms with E-state index in [0.717, 1.165) is 40.1 Å². The molecule has 1 aliphatic rings. The highest BCUT2D eigenvalue weighted by Gasteiger charge is 2.22. The van der Waals surface area contributed by atoms with Crippen LogP contribution in [0.1, 0.15) is 24.5 Å². The fourth-order valence-corrected chi connectivity index (χ4v) is 3.46. The molecule has 2 heterocycles. The molecule has 0 saturated heterocycles. The molecule has 0 fully saturated rings. The Morgan fingerprint density at radius 1 is 1.16 bits per heavy atom. The molecule has 1 aromatic heterocycles. The maximum atomic E-state index is 12.0. The smallest absolute Gasteiger partial charge is 0.227 e. The zero-order valence-electron chi connectivity index (χ0n) is 14.4. The summed E-state index contributed by atoms with van der Waals surface area (Å²) in [5, 5.41) is 4.42. The summed E-state index contributed by atoms with van der Waals surface area (Å²) >= 11 is 0. The van der Waals surface area contributed by atoms with Crippen molar-refractivity contribution < 1.29 is 4.79 Å². The molecule has 1 N–H and O–H groups in total. The Morgan fingerprint density at radius 2 is 2.04 bits per heavy atom. The first-order valence-electron chi connectivity index (χ1n) is 8.58. The number of aromatic nitrogens is 2. The second kappa shape index (κ2) is 6.16. The largest absolute Gasteiger partial charge is 0.340 e. The summed E-state index contributed by atoms with van der Waals surface area (Å²) in [4.78, 5) is 22.7. The molecule has 1 aliphatic heterocycles. The normalized spacial score (nSPS) is 13.8. The van der Waals surface area contributed by atoms with Crippen molar-refractivity contribution in [1.29, 1.82) is 0 Å². The monoisotopic (exact) mass is 332 g/mol. The van der Waals surface area contributed by atoms with Gasteiger partial charge in [-0.25, -0.2) is 9.97 Å². The molecular formula is C20H20N4O. The van der Waals surface area contributed by atoms with Gasteiger partial charge in [0.05, 0.1) is 5.52 Å². The van der Waals surface area contributed by atoms with Crippen molar-refractivity contribution >= 4 is 34.0 Å². The van der Waals surface area contributed by atoms with Crippen LogP contribution in [0.2, 0.25) is 0 Å². The Labute approximate surface area is 146 Å². The summed E-state index contributed by atoms with van der Waals surface area (Å²) in [5.74, 6) is 1.00. The lowest BCUT2D eigenvalue weighted by Gasteiger charge is -2.28. The van der Waals surface area contributed by atoms with Crippen LogP contribution >= 0.6 is 0 Å². The average Bonchev–Trinajstić information content (AvgIpc) is 2.63. The highest BCUT2D eigenvalue weighted by atomic mass is 16.2. The number of aryl methyl sites for hydroxylation is 2. The summed E-state index contributed by atoms with van der Waals surface area (Å²) < 4.78 is 0. The highest BCUT2D eigenvalue weighted by Crippen LogP contribution is 2.32. The van der Waals surface area contributed by atoms with Crippen molar-refractivity contribution in [3.63, 3.8) is 0 Å². The minimum Gasteiger partial charge on any atom is -0.340 e. The van der Waals surface area contributed by atoms with E-state index in [0.29, 0.717) is 13.0 Å². The number of benzene rings is 2. The lowest BCUT2D eigenvalue weighted by Crippen LogP contribution is -2.34. The Kier molecular flexibility index (Phi) is 3.84. The average molecular weight is 332 g/mol. The quantitative estimate of drug-likeness (QED) is 0.788. The second-order valence-electron chi connectivity index (χ2n) is 6.30. The molecule has 0 aliphatic carbocycles. The standard InChI is InChI=1S/C20H20N4O/c1-3-24-17-9-8-15(11-14(17)7-10-18(24)25)23-20-16-6-4-5-13(2)19(16)21-12-22-20/h4-6,8-9,11-12H,3,7,10H2,1-2H3,(H,21,22,23). The van der Waals surface area contributed by atoms with Gasteiger partial charge < -0.3 is 10.2 Å². The van der Waals surface area contributed by atoms with Gasteiger partial charge in [0.25, 0.3) is 0 Å². The first kappa shape index (κ1) is 15.6. The van der Waals surface area contributed by atoms with E-state index >= 15 is 0 Å². The highest BCUT2D eigenvalue weighted by molar-refractivity contribution is 5.97. The predicted octanol–water partition coefficient (Wildman–Crippen LogP) is 3.98. The van der Waals surface area contributed by atoms with Crippen LogP contribution in [0.15, 0.2) is 42.7 Å². The molecule has 2 aromatic carbocycles. The van der Waals surface area contributed by atoms with E-state index in [1.54, 1.807) is 6.33 Å². The van der Waals surface area contributed by atoms with Gasteiger partial charge >= 0.3 is 0 Å². The molecule has 5 nitrogen and oxygen atoms in total. The predicted molar refractivity (Wildman–Crippen MR) is 100 cm³/mol. The van der Waals surface area contributed by atoms with Crippen molar-refractivity contribution in [2.45, 2.75) is 26.7 Å². The summed E-state index contributed by atoms with van der Waals surface area (Å²) in [7, 11) is 0. The second-order valence-corrected chi connectivity index (χ2v) is 6.30. The van der Waals surface area contributed by atoms with Crippen LogP contribution in [-0.2, 0) is 11.2 Å². The molecule has 0 radical (unpaired) electrons. The van der Waals surface area contributed by atoms with Gasteiger partial charge in [0.1, 0.15) is 12.1 Å². The Hall–Kier alpha value is -2.95. The number of fused-ring (bicyclic) bond motifs is 2. The third kappa shape index (κ3) is 2.71. The number of carbonyl (C=O) groups is 1. The Morgan fingerprint density at radius 3 is 2.88 bits per heavy atom. The topological polar surface area (TPSA) is 58.1 Å². The summed E-state index contributed by atoms with van der Waals surface area (Å²) in [6, 6.07) is 12.2. The minimum atomic E-state index is 0.202. The van der Waals surface area contributed by atoms with E-state index in [9.17, 15) is 4.79 Å². The summed E-state index contributed by atoms with van der Waals surface area (Å²) in [6.07, 6.45) is 2.94. The van der Waals surface area contributed by atoms with Crippen LogP contribution < -0.4 is 10.2 Å². The van der Waals surface area contributed by atoms with Crippen molar-refractivity contribution in [2.24, 2.45) is 0 Å². The Balaban J connectivity index is 1.71. The van der Waals surface area contributed by atoms with E-state index in [2.05, 4.69) is 21.4 Å². The lowest BCUT2D eigenvalue weighted by molar-refractivity contribution is -0.118. The number of rotatable bonds is 3. The number of carbonyl (C=O) groups excluding carboxylic acids is 1. The molecule has 25 heavy (non-hydrogen) atoms. The van der Waals surface area contributed by atoms with Crippen LogP contribution in [0.4, 0.5) is 17.2 Å². The van der Waals surface area contributed by atoms with E-state index in [1.807, 2.05) is 49.1 Å². The molecule has 5 heteroatoms. The molecule has 0 spiro atoms. The number of hydrogen-bond acceptors (Lipinski definition) is 4. The number of para-hydroxylation sites is 1. The van der Waals surface area contributed by atoms with Crippen LogP contribution in [0, 0.1) is 6.92 Å². The zero-order valence-corrected chi connectivity index (χ0v) is 14.4. The fraction of sp³-hybridized carbons (Fsp3) is 0.250. The molecule has 0 unspecified atom stereocenters. The van der Waals surface area contributed by atoms with E-state index < -0.39 is 0 Å². The molecular weight excluding hydrogens is 312 g/mol. The number of hydrogen-bond donors (Lipinski definition) is 1. The maximum absolute atomic E-state index is 12.0. The SMILES string of the molecule is CCN1C(=O)CCc2cc(Nc3ncnc4c(C)cccc34)ccc21. The van der Waals surface area contributed by atoms with E-state index in [4.69, 9.17) is 0 Å². The number of nitrogens with zero attached hydrogens (tertiary/aromatic N) is 3. The van der Waals surface area contributed by atoms with Gasteiger partial charge in [-0.2, -0.15) is 0 Å². The first-order valence-corrected chi connectivity index (χ1v) is 8.58. The fourth-order valence-electron chi connectivity index (χ4n) is 3.46. The summed E-state index contributed by atoms with van der Waals surface area (Å²) in [6.45, 7) is 4.76. The molecule has 126 valence electrons. The van der Waals surface area contributed by atoms with Gasteiger partial charge in [-0.05, 0) is 55.7 Å². The molecule has 3 aromatic rings. The first-order chi connectivity index (χ1) is 12.2. The maximum Gasteiger partial charge on any atom is 0.227 e. The van der Waals surface area contributed by atoms with Crippen molar-refractivity contribution in [3.05, 3.63) is 53.9 Å². The molecule has 1 amide bonds. The van der Waals surface area contributed by atoms with Gasteiger partial charge in [-0.1, -0.05) is 12.1 Å². The van der Waals surface area contributed by atoms with Crippen LogP contribution in [0.5, 0.6) is 0 Å². The van der Waals surface area contributed by atoms with Crippen molar-refractivity contribution in [2.75, 3.05) is 16.8 Å². The van der Waals surface area contributed by atoms with Crippen molar-refractivity contribution in [3.8, 4) is 0 Å². The minimum absolute atomic E-state index is 0.202. The third-order valence-electron chi connectivity index (χ3n) is 4.73. The lowest BCUT2D eigenvalue weighted by atomic mass is 10.0. The Bertz CT molecular complexity index is 967. The number of amides is 1. The van der Waals surface area contributed by atoms with E-state index in [1.165, 1.54) is 5.56 Å². The third-order valence-corrected chi connectivity index (χ3v) is 4.73. The number of anilines is 3. The molecule has 0 atom stereocenters. The summed E-state index contributed by atoms with van der Waals surface area (Å²) in [5.41, 5.74) is 5.28. The molecule has 0 bridgehead atoms. The van der Waals surface area contributed by atoms with Crippen LogP contribution in [0.25, 0.3) is 10.9 Å². The zero-order chi connectivity index (χ0) is 17.4. The van der Waals surface area contributed by atoms with Gasteiger partial charge in [0.2, 0.25) is 5.91 Å².